The summed E-state index contributed by atoms with van der Waals surface area (Å²) in [5.74, 6) is -0.128. The van der Waals surface area contributed by atoms with Gasteiger partial charge in [-0.1, -0.05) is 6.07 Å². The van der Waals surface area contributed by atoms with E-state index in [9.17, 15) is 13.9 Å². The van der Waals surface area contributed by atoms with Crippen LogP contribution in [0.5, 0.6) is 0 Å². The molecule has 4 atom stereocenters. The topological polar surface area (TPSA) is 41.3 Å². The molecule has 128 valence electrons. The van der Waals surface area contributed by atoms with Crippen LogP contribution in [-0.4, -0.2) is 39.0 Å². The number of aliphatic hydroxyl groups excluding tert-OH is 1. The monoisotopic (exact) mass is 333 g/mol. The molecule has 2 heterocycles. The smallest absolute Gasteiger partial charge is 0.130 e. The van der Waals surface area contributed by atoms with Crippen molar-refractivity contribution in [3.63, 3.8) is 0 Å². The predicted octanol–water partition coefficient (Wildman–Crippen LogP) is 2.61. The summed E-state index contributed by atoms with van der Waals surface area (Å²) in [4.78, 5) is 2.21. The second kappa shape index (κ2) is 6.26. The molecule has 1 aliphatic heterocycles. The summed E-state index contributed by atoms with van der Waals surface area (Å²) in [7, 11) is 0. The Labute approximate surface area is 139 Å². The minimum absolute atomic E-state index is 0.0174. The molecule has 24 heavy (non-hydrogen) atoms. The van der Waals surface area contributed by atoms with Crippen molar-refractivity contribution in [2.45, 2.75) is 31.5 Å². The Morgan fingerprint density at radius 1 is 1.17 bits per heavy atom. The fraction of sp³-hybridized carbons (Fsp3) is 0.500. The standard InChI is InChI=1S/C18H21F2N3O/c19-15-3-2-12(16(20)8-15)9-22-10-13-6-17(23-5-1-4-21-23)18(24)7-14(13)11-22/h1-5,8,13-14,17-18,24H,6-7,9-11H2/t13-,14+,17-,18-/m0/s1. The maximum atomic E-state index is 13.9. The second-order valence-electron chi connectivity index (χ2n) is 7.04. The molecule has 0 unspecified atom stereocenters. The van der Waals surface area contributed by atoms with Gasteiger partial charge in [-0.25, -0.2) is 8.78 Å². The average Bonchev–Trinajstić information content (AvgIpc) is 3.18. The van der Waals surface area contributed by atoms with Crippen LogP contribution in [-0.2, 0) is 6.54 Å². The molecule has 1 saturated carbocycles. The summed E-state index contributed by atoms with van der Waals surface area (Å²) in [6, 6.07) is 5.66. The van der Waals surface area contributed by atoms with Crippen LogP contribution in [0.3, 0.4) is 0 Å². The quantitative estimate of drug-likeness (QED) is 0.939. The van der Waals surface area contributed by atoms with Crippen molar-refractivity contribution in [2.75, 3.05) is 13.1 Å². The van der Waals surface area contributed by atoms with Crippen LogP contribution in [0.15, 0.2) is 36.7 Å². The lowest BCUT2D eigenvalue weighted by Gasteiger charge is -2.35. The van der Waals surface area contributed by atoms with Crippen LogP contribution in [0.1, 0.15) is 24.4 Å². The largest absolute Gasteiger partial charge is 0.391 e. The molecule has 4 rings (SSSR count). The van der Waals surface area contributed by atoms with Gasteiger partial charge in [0.15, 0.2) is 0 Å². The van der Waals surface area contributed by atoms with Gasteiger partial charge in [-0.05, 0) is 36.8 Å². The fourth-order valence-corrected chi connectivity index (χ4v) is 4.29. The van der Waals surface area contributed by atoms with E-state index in [1.54, 1.807) is 6.20 Å². The minimum atomic E-state index is -0.545. The third-order valence-electron chi connectivity index (χ3n) is 5.46. The summed E-state index contributed by atoms with van der Waals surface area (Å²) >= 11 is 0. The van der Waals surface area contributed by atoms with Crippen LogP contribution < -0.4 is 0 Å². The van der Waals surface area contributed by atoms with Crippen molar-refractivity contribution in [1.82, 2.24) is 14.7 Å². The molecule has 0 spiro atoms. The van der Waals surface area contributed by atoms with Crippen molar-refractivity contribution in [3.8, 4) is 0 Å². The molecule has 6 heteroatoms. The van der Waals surface area contributed by atoms with E-state index in [1.165, 1.54) is 12.1 Å². The van der Waals surface area contributed by atoms with Gasteiger partial charge in [-0.2, -0.15) is 5.10 Å². The zero-order valence-electron chi connectivity index (χ0n) is 13.4. The summed E-state index contributed by atoms with van der Waals surface area (Å²) in [6.45, 7) is 2.22. The molecule has 1 aromatic heterocycles. The van der Waals surface area contributed by atoms with E-state index in [2.05, 4.69) is 10.00 Å². The van der Waals surface area contributed by atoms with E-state index >= 15 is 0 Å². The van der Waals surface area contributed by atoms with E-state index in [0.717, 1.165) is 32.0 Å². The molecule has 1 N–H and O–H groups in total. The van der Waals surface area contributed by atoms with Gasteiger partial charge in [0, 0.05) is 43.7 Å². The number of halogens is 2. The Hall–Kier alpha value is -1.79. The van der Waals surface area contributed by atoms with Gasteiger partial charge < -0.3 is 5.11 Å². The summed E-state index contributed by atoms with van der Waals surface area (Å²) in [5, 5.41) is 14.7. The number of rotatable bonds is 3. The zero-order chi connectivity index (χ0) is 16.7. The molecule has 1 aromatic carbocycles. The zero-order valence-corrected chi connectivity index (χ0v) is 13.4. The molecular weight excluding hydrogens is 312 g/mol. The van der Waals surface area contributed by atoms with E-state index in [-0.39, 0.29) is 6.04 Å². The van der Waals surface area contributed by atoms with Crippen LogP contribution in [0.25, 0.3) is 0 Å². The van der Waals surface area contributed by atoms with E-state index in [0.29, 0.717) is 23.9 Å². The van der Waals surface area contributed by atoms with Gasteiger partial charge in [0.25, 0.3) is 0 Å². The first-order chi connectivity index (χ1) is 11.6. The Morgan fingerprint density at radius 2 is 1.96 bits per heavy atom. The highest BCUT2D eigenvalue weighted by Gasteiger charge is 2.42. The Kier molecular flexibility index (Phi) is 4.10. The number of likely N-dealkylation sites (tertiary alicyclic amines) is 1. The van der Waals surface area contributed by atoms with E-state index < -0.39 is 17.7 Å². The summed E-state index contributed by atoms with van der Waals surface area (Å²) in [6.07, 6.45) is 4.87. The number of fused-ring (bicyclic) bond motifs is 1. The van der Waals surface area contributed by atoms with Gasteiger partial charge in [0.1, 0.15) is 11.6 Å². The van der Waals surface area contributed by atoms with Gasteiger partial charge in [0.05, 0.1) is 12.1 Å². The highest BCUT2D eigenvalue weighted by molar-refractivity contribution is 5.18. The van der Waals surface area contributed by atoms with Gasteiger partial charge >= 0.3 is 0 Å². The number of hydrogen-bond acceptors (Lipinski definition) is 3. The van der Waals surface area contributed by atoms with E-state index in [4.69, 9.17) is 0 Å². The first-order valence-electron chi connectivity index (χ1n) is 8.43. The highest BCUT2D eigenvalue weighted by Crippen LogP contribution is 2.41. The maximum Gasteiger partial charge on any atom is 0.130 e. The SMILES string of the molecule is O[C@H]1C[C@@H]2CN(Cc3ccc(F)cc3F)C[C@@H]2C[C@@H]1n1cccn1. The van der Waals surface area contributed by atoms with Gasteiger partial charge in [-0.3, -0.25) is 9.58 Å². The minimum Gasteiger partial charge on any atom is -0.391 e. The Balaban J connectivity index is 1.44. The van der Waals surface area contributed by atoms with Crippen molar-refractivity contribution in [2.24, 2.45) is 11.8 Å². The van der Waals surface area contributed by atoms with Crippen LogP contribution in [0.4, 0.5) is 8.78 Å². The number of nitrogens with zero attached hydrogens (tertiary/aromatic N) is 3. The first-order valence-corrected chi connectivity index (χ1v) is 8.43. The average molecular weight is 333 g/mol. The first kappa shape index (κ1) is 15.7. The molecule has 1 saturated heterocycles. The van der Waals surface area contributed by atoms with Gasteiger partial charge in [-0.15, -0.1) is 0 Å². The molecular formula is C18H21F2N3O. The normalized spacial score (nSPS) is 30.5. The van der Waals surface area contributed by atoms with E-state index in [1.807, 2.05) is 16.9 Å². The summed E-state index contributed by atoms with van der Waals surface area (Å²) < 4.78 is 28.8. The van der Waals surface area contributed by atoms with Crippen molar-refractivity contribution >= 4 is 0 Å². The van der Waals surface area contributed by atoms with Crippen molar-refractivity contribution < 1.29 is 13.9 Å². The number of hydrogen-bond donors (Lipinski definition) is 1. The Morgan fingerprint density at radius 3 is 2.67 bits per heavy atom. The fourth-order valence-electron chi connectivity index (χ4n) is 4.29. The third kappa shape index (κ3) is 2.96. The van der Waals surface area contributed by atoms with Crippen molar-refractivity contribution in [3.05, 3.63) is 53.9 Å². The van der Waals surface area contributed by atoms with Crippen molar-refractivity contribution in [1.29, 1.82) is 0 Å². The number of aliphatic hydroxyl groups is 1. The Bertz CT molecular complexity index is 706. The maximum absolute atomic E-state index is 13.9. The predicted molar refractivity (Wildman–Crippen MR) is 85.1 cm³/mol. The third-order valence-corrected chi connectivity index (χ3v) is 5.46. The lowest BCUT2D eigenvalue weighted by molar-refractivity contribution is 0.0306. The molecule has 0 amide bonds. The molecule has 0 radical (unpaired) electrons. The van der Waals surface area contributed by atoms with Crippen LogP contribution >= 0.6 is 0 Å². The highest BCUT2D eigenvalue weighted by atomic mass is 19.1. The molecule has 2 aromatic rings. The molecule has 4 nitrogen and oxygen atoms in total. The molecule has 2 fully saturated rings. The van der Waals surface area contributed by atoms with Crippen LogP contribution in [0.2, 0.25) is 0 Å². The summed E-state index contributed by atoms with van der Waals surface area (Å²) in [5.41, 5.74) is 0.527. The lowest BCUT2D eigenvalue weighted by Crippen LogP contribution is -2.36. The molecule has 2 aliphatic rings. The molecule has 1 aliphatic carbocycles. The van der Waals surface area contributed by atoms with Gasteiger partial charge in [0.2, 0.25) is 0 Å². The van der Waals surface area contributed by atoms with Crippen LogP contribution in [0, 0.1) is 23.5 Å². The number of aromatic nitrogens is 2. The number of benzene rings is 1. The second-order valence-corrected chi connectivity index (χ2v) is 7.04. The lowest BCUT2D eigenvalue weighted by atomic mass is 9.77. The molecule has 0 bridgehead atoms.